The van der Waals surface area contributed by atoms with Gasteiger partial charge in [0.15, 0.2) is 0 Å². The van der Waals surface area contributed by atoms with Gasteiger partial charge in [-0.1, -0.05) is 30.3 Å². The van der Waals surface area contributed by atoms with Gasteiger partial charge in [-0.2, -0.15) is 0 Å². The van der Waals surface area contributed by atoms with Gasteiger partial charge in [0.2, 0.25) is 10.0 Å². The molecule has 0 saturated carbocycles. The van der Waals surface area contributed by atoms with Crippen LogP contribution in [-0.2, 0) is 10.0 Å². The molecule has 0 atom stereocenters. The molecule has 5 nitrogen and oxygen atoms in total. The lowest BCUT2D eigenvalue weighted by molar-refractivity contribution is 0.0692. The molecule has 0 aliphatic carbocycles. The molecule has 2 aromatic carbocycles. The second-order valence-electron chi connectivity index (χ2n) is 4.38. The minimum absolute atomic E-state index is 0.315. The van der Waals surface area contributed by atoms with Crippen molar-refractivity contribution in [2.45, 2.75) is 11.8 Å². The van der Waals surface area contributed by atoms with E-state index in [1.807, 2.05) is 30.3 Å². The fourth-order valence-electron chi connectivity index (χ4n) is 2.02. The van der Waals surface area contributed by atoms with Gasteiger partial charge in [0.05, 0.1) is 10.5 Å². The van der Waals surface area contributed by atoms with Gasteiger partial charge in [0.25, 0.3) is 0 Å². The number of carboxylic acids is 1. The van der Waals surface area contributed by atoms with Crippen LogP contribution in [-0.4, -0.2) is 19.5 Å². The minimum Gasteiger partial charge on any atom is -0.478 e. The fourth-order valence-corrected chi connectivity index (χ4v) is 2.75. The number of hydrogen-bond donors (Lipinski definition) is 2. The number of hydrogen-bond acceptors (Lipinski definition) is 3. The maximum Gasteiger partial charge on any atom is 0.337 e. The highest BCUT2D eigenvalue weighted by atomic mass is 32.2. The third-order valence-corrected chi connectivity index (χ3v) is 3.90. The zero-order chi connectivity index (χ0) is 14.9. The number of rotatable bonds is 3. The Labute approximate surface area is 116 Å². The van der Waals surface area contributed by atoms with Crippen molar-refractivity contribution in [1.82, 2.24) is 0 Å². The van der Waals surface area contributed by atoms with Crippen molar-refractivity contribution in [2.75, 3.05) is 0 Å². The van der Waals surface area contributed by atoms with Crippen molar-refractivity contribution >= 4 is 16.0 Å². The molecular formula is C14H13NO4S. The highest BCUT2D eigenvalue weighted by molar-refractivity contribution is 7.89. The lowest BCUT2D eigenvalue weighted by Crippen LogP contribution is -2.17. The van der Waals surface area contributed by atoms with Gasteiger partial charge < -0.3 is 5.11 Å². The lowest BCUT2D eigenvalue weighted by atomic mass is 9.98. The Bertz CT molecular complexity index is 767. The summed E-state index contributed by atoms with van der Waals surface area (Å²) < 4.78 is 23.1. The van der Waals surface area contributed by atoms with Crippen LogP contribution in [0.3, 0.4) is 0 Å². The highest BCUT2D eigenvalue weighted by Crippen LogP contribution is 2.28. The van der Waals surface area contributed by atoms with Gasteiger partial charge in [-0.3, -0.25) is 0 Å². The zero-order valence-corrected chi connectivity index (χ0v) is 11.5. The minimum atomic E-state index is -4.11. The summed E-state index contributed by atoms with van der Waals surface area (Å²) in [5.74, 6) is -1.32. The number of aromatic carboxylic acids is 1. The first-order valence-corrected chi connectivity index (χ1v) is 7.31. The van der Waals surface area contributed by atoms with Crippen molar-refractivity contribution in [3.8, 4) is 11.1 Å². The first kappa shape index (κ1) is 14.2. The molecule has 0 bridgehead atoms. The molecule has 0 saturated heterocycles. The first-order valence-electron chi connectivity index (χ1n) is 5.77. The van der Waals surface area contributed by atoms with Crippen LogP contribution in [0.1, 0.15) is 15.9 Å². The Balaban J connectivity index is 2.78. The normalized spacial score (nSPS) is 11.3. The van der Waals surface area contributed by atoms with E-state index in [4.69, 9.17) is 10.2 Å². The fraction of sp³-hybridized carbons (Fsp3) is 0.0714. The van der Waals surface area contributed by atoms with Crippen LogP contribution in [0.25, 0.3) is 11.1 Å². The van der Waals surface area contributed by atoms with Gasteiger partial charge >= 0.3 is 5.97 Å². The van der Waals surface area contributed by atoms with E-state index < -0.39 is 16.0 Å². The molecule has 0 aliphatic rings. The molecule has 0 fully saturated rings. The van der Waals surface area contributed by atoms with Crippen molar-refractivity contribution in [1.29, 1.82) is 0 Å². The molecule has 2 rings (SSSR count). The third-order valence-electron chi connectivity index (χ3n) is 2.95. The number of carbonyl (C=O) groups is 1. The molecule has 0 heterocycles. The van der Waals surface area contributed by atoms with Crippen LogP contribution in [0.2, 0.25) is 0 Å². The Kier molecular flexibility index (Phi) is 3.61. The van der Waals surface area contributed by atoms with Crippen LogP contribution in [0.15, 0.2) is 47.4 Å². The SMILES string of the molecule is Cc1cc(C(=O)O)c(S(N)(=O)=O)cc1-c1ccccc1. The van der Waals surface area contributed by atoms with Crippen molar-refractivity contribution in [2.24, 2.45) is 5.14 Å². The van der Waals surface area contributed by atoms with Gasteiger partial charge in [-0.15, -0.1) is 0 Å². The van der Waals surface area contributed by atoms with Crippen LogP contribution >= 0.6 is 0 Å². The second-order valence-corrected chi connectivity index (χ2v) is 5.91. The van der Waals surface area contributed by atoms with Gasteiger partial charge in [0.1, 0.15) is 0 Å². The molecule has 0 unspecified atom stereocenters. The number of benzene rings is 2. The number of nitrogens with two attached hydrogens (primary N) is 1. The topological polar surface area (TPSA) is 97.5 Å². The standard InChI is InChI=1S/C14H13NO4S/c1-9-7-12(14(16)17)13(20(15,18)19)8-11(9)10-5-3-2-4-6-10/h2-8H,1H3,(H,16,17)(H2,15,18,19). The smallest absolute Gasteiger partial charge is 0.337 e. The summed E-state index contributed by atoms with van der Waals surface area (Å²) in [7, 11) is -4.11. The summed E-state index contributed by atoms with van der Waals surface area (Å²) >= 11 is 0. The van der Waals surface area contributed by atoms with Gasteiger partial charge in [-0.05, 0) is 35.7 Å². The van der Waals surface area contributed by atoms with Crippen molar-refractivity contribution in [3.63, 3.8) is 0 Å². The first-order chi connectivity index (χ1) is 9.30. The molecule has 3 N–H and O–H groups in total. The van der Waals surface area contributed by atoms with Crippen molar-refractivity contribution in [3.05, 3.63) is 53.6 Å². The van der Waals surface area contributed by atoms with Crippen LogP contribution in [0, 0.1) is 6.92 Å². The quantitative estimate of drug-likeness (QED) is 0.903. The molecule has 20 heavy (non-hydrogen) atoms. The van der Waals surface area contributed by atoms with E-state index in [0.717, 1.165) is 5.56 Å². The van der Waals surface area contributed by atoms with E-state index >= 15 is 0 Å². The van der Waals surface area contributed by atoms with E-state index in [2.05, 4.69) is 0 Å². The number of primary sulfonamides is 1. The van der Waals surface area contributed by atoms with Crippen molar-refractivity contribution < 1.29 is 18.3 Å². The second kappa shape index (κ2) is 5.07. The molecule has 0 aliphatic heterocycles. The third kappa shape index (κ3) is 2.71. The average Bonchev–Trinajstić information content (AvgIpc) is 2.38. The highest BCUT2D eigenvalue weighted by Gasteiger charge is 2.21. The molecule has 0 amide bonds. The van der Waals surface area contributed by atoms with E-state index in [0.29, 0.717) is 11.1 Å². The predicted molar refractivity (Wildman–Crippen MR) is 74.9 cm³/mol. The van der Waals surface area contributed by atoms with E-state index in [9.17, 15) is 13.2 Å². The Hall–Kier alpha value is -2.18. The molecule has 0 aromatic heterocycles. The van der Waals surface area contributed by atoms with Gasteiger partial charge in [0, 0.05) is 0 Å². The Morgan fingerprint density at radius 1 is 1.15 bits per heavy atom. The molecule has 104 valence electrons. The number of aryl methyl sites for hydroxylation is 1. The maximum absolute atomic E-state index is 11.6. The largest absolute Gasteiger partial charge is 0.478 e. The maximum atomic E-state index is 11.6. The van der Waals surface area contributed by atoms with Gasteiger partial charge in [-0.25, -0.2) is 18.4 Å². The lowest BCUT2D eigenvalue weighted by Gasteiger charge is -2.11. The molecule has 0 radical (unpaired) electrons. The van der Waals surface area contributed by atoms with Crippen LogP contribution in [0.5, 0.6) is 0 Å². The van der Waals surface area contributed by atoms with Crippen LogP contribution in [0.4, 0.5) is 0 Å². The summed E-state index contributed by atoms with van der Waals surface area (Å²) in [6, 6.07) is 11.7. The van der Waals surface area contributed by atoms with E-state index in [-0.39, 0.29) is 10.5 Å². The zero-order valence-electron chi connectivity index (χ0n) is 10.7. The number of carboxylic acid groups (broad SMARTS) is 1. The summed E-state index contributed by atoms with van der Waals surface area (Å²) in [5.41, 5.74) is 1.79. The average molecular weight is 291 g/mol. The van der Waals surface area contributed by atoms with E-state index in [1.165, 1.54) is 12.1 Å². The Morgan fingerprint density at radius 2 is 1.75 bits per heavy atom. The summed E-state index contributed by atoms with van der Waals surface area (Å²) in [6.45, 7) is 1.72. The predicted octanol–water partition coefficient (Wildman–Crippen LogP) is 2.01. The summed E-state index contributed by atoms with van der Waals surface area (Å²) in [6.07, 6.45) is 0. The van der Waals surface area contributed by atoms with Crippen LogP contribution < -0.4 is 5.14 Å². The van der Waals surface area contributed by atoms with E-state index in [1.54, 1.807) is 6.92 Å². The summed E-state index contributed by atoms with van der Waals surface area (Å²) in [5, 5.41) is 14.2. The molecular weight excluding hydrogens is 278 g/mol. The monoisotopic (exact) mass is 291 g/mol. The molecule has 6 heteroatoms. The Morgan fingerprint density at radius 3 is 2.25 bits per heavy atom. The summed E-state index contributed by atoms with van der Waals surface area (Å²) in [4.78, 5) is 10.8. The molecule has 2 aromatic rings. The number of sulfonamides is 1. The molecule has 0 spiro atoms.